The van der Waals surface area contributed by atoms with Crippen LogP contribution in [0.2, 0.25) is 0 Å². The molecule has 3 N–H and O–H groups in total. The molecule has 11 nitrogen and oxygen atoms in total. The number of para-hydroxylation sites is 1. The van der Waals surface area contributed by atoms with Crippen molar-refractivity contribution in [2.24, 2.45) is 5.92 Å². The molecule has 3 aromatic rings. The first-order valence-corrected chi connectivity index (χ1v) is 19.7. The summed E-state index contributed by atoms with van der Waals surface area (Å²) in [5, 5.41) is 6.19. The summed E-state index contributed by atoms with van der Waals surface area (Å²) in [7, 11) is -3.83. The first-order valence-electron chi connectivity index (χ1n) is 16.5. The minimum absolute atomic E-state index is 0.155. The second kappa shape index (κ2) is 13.4. The predicted octanol–water partition coefficient (Wildman–Crippen LogP) is 4.89. The van der Waals surface area contributed by atoms with Crippen LogP contribution < -0.4 is 20.1 Å². The average molecular weight is 757 g/mol. The van der Waals surface area contributed by atoms with Crippen molar-refractivity contribution in [3.63, 3.8) is 0 Å². The number of halogens is 1. The summed E-state index contributed by atoms with van der Waals surface area (Å²) in [6.07, 6.45) is 8.86. The Morgan fingerprint density at radius 2 is 1.90 bits per heavy atom. The van der Waals surface area contributed by atoms with Crippen LogP contribution in [-0.2, 0) is 24.4 Å². The lowest BCUT2D eigenvalue weighted by Crippen LogP contribution is -2.57. The number of aromatic nitrogens is 1. The predicted molar refractivity (Wildman–Crippen MR) is 187 cm³/mol. The van der Waals surface area contributed by atoms with E-state index in [2.05, 4.69) is 36.3 Å². The number of fused-ring (bicyclic) bond motifs is 3. The van der Waals surface area contributed by atoms with Gasteiger partial charge >= 0.3 is 0 Å². The van der Waals surface area contributed by atoms with E-state index in [-0.39, 0.29) is 31.2 Å². The number of sulfonamides is 1. The van der Waals surface area contributed by atoms with Gasteiger partial charge in [0.1, 0.15) is 23.7 Å². The quantitative estimate of drug-likeness (QED) is 0.289. The molecule has 4 aliphatic rings. The molecule has 0 bridgehead atoms. The average Bonchev–Trinajstić information content (AvgIpc) is 3.95. The molecule has 5 atom stereocenters. The Balaban J connectivity index is 1.18. The molecule has 0 spiro atoms. The zero-order chi connectivity index (χ0) is 33.5. The number of nitrogens with zero attached hydrogens (tertiary/aromatic N) is 2. The molecular formula is C34H38BrN5O6S2. The normalized spacial score (nSPS) is 28.1. The number of rotatable bonds is 7. The molecule has 2 aromatic carbocycles. The first kappa shape index (κ1) is 33.0. The molecule has 2 aliphatic carbocycles. The van der Waals surface area contributed by atoms with Gasteiger partial charge in [-0.15, -0.1) is 0 Å². The van der Waals surface area contributed by atoms with Crippen LogP contribution in [0.25, 0.3) is 10.2 Å². The van der Waals surface area contributed by atoms with Crippen LogP contribution in [0.15, 0.2) is 65.2 Å². The van der Waals surface area contributed by atoms with Gasteiger partial charge in [-0.25, -0.2) is 13.4 Å². The number of allylic oxidation sites excluding steroid dienone is 1. The van der Waals surface area contributed by atoms with E-state index in [0.717, 1.165) is 46.1 Å². The Morgan fingerprint density at radius 1 is 1.08 bits per heavy atom. The van der Waals surface area contributed by atoms with Gasteiger partial charge in [-0.3, -0.25) is 19.1 Å². The van der Waals surface area contributed by atoms with Gasteiger partial charge in [0.2, 0.25) is 21.8 Å². The summed E-state index contributed by atoms with van der Waals surface area (Å²) in [5.41, 5.74) is 0.179. The van der Waals surface area contributed by atoms with Gasteiger partial charge in [0.05, 0.1) is 22.0 Å². The fraction of sp³-hybridized carbons (Fsp3) is 0.471. The lowest BCUT2D eigenvalue weighted by Gasteiger charge is -2.30. The van der Waals surface area contributed by atoms with E-state index in [0.29, 0.717) is 24.5 Å². The number of amides is 3. The largest absolute Gasteiger partial charge is 0.465 e. The summed E-state index contributed by atoms with van der Waals surface area (Å²) in [4.78, 5) is 48.4. The summed E-state index contributed by atoms with van der Waals surface area (Å²) >= 11 is 4.88. The minimum atomic E-state index is -3.83. The Labute approximate surface area is 292 Å². The van der Waals surface area contributed by atoms with Gasteiger partial charge in [0.15, 0.2) is 0 Å². The number of carbonyl (C=O) groups is 3. The third-order valence-corrected chi connectivity index (χ3v) is 12.8. The standard InChI is InChI=1S/C34H38BrN5O6S2/c35-22-13-16-26-29(17-22)47-33(37-26)46-24-18-28-30(41)38-34(32(43)39-48(44,45)25-14-15-25)19-21(34)9-5-2-1-3-8-12-27(31(42)40(28)20-24)36-23-10-6-4-7-11-23/h4-7,9-11,13,16-17,21,24-25,27-28,36H,1-3,8,12,14-15,18-20H2,(H,38,41)(H,39,43)/t21-,24-,27+,28+,34-/m1/s1. The molecule has 1 aromatic heterocycles. The van der Waals surface area contributed by atoms with Crippen molar-refractivity contribution in [2.45, 2.75) is 86.8 Å². The third-order valence-electron chi connectivity index (χ3n) is 9.56. The van der Waals surface area contributed by atoms with Crippen LogP contribution in [-0.4, -0.2) is 71.5 Å². The van der Waals surface area contributed by atoms with Crippen molar-refractivity contribution >= 4 is 70.9 Å². The van der Waals surface area contributed by atoms with Crippen molar-refractivity contribution in [1.29, 1.82) is 0 Å². The molecular weight excluding hydrogens is 718 g/mol. The number of ether oxygens (including phenoxy) is 1. The summed E-state index contributed by atoms with van der Waals surface area (Å²) in [5.74, 6) is -1.82. The van der Waals surface area contributed by atoms with E-state index in [1.807, 2.05) is 60.7 Å². The molecule has 1 saturated heterocycles. The molecule has 48 heavy (non-hydrogen) atoms. The fourth-order valence-corrected chi connectivity index (χ4v) is 9.45. The Morgan fingerprint density at radius 3 is 2.69 bits per heavy atom. The molecule has 0 radical (unpaired) electrons. The molecule has 3 heterocycles. The van der Waals surface area contributed by atoms with Crippen LogP contribution in [0, 0.1) is 5.92 Å². The minimum Gasteiger partial charge on any atom is -0.465 e. The lowest BCUT2D eigenvalue weighted by atomic mass is 10.0. The molecule has 14 heteroatoms. The maximum absolute atomic E-state index is 14.4. The molecule has 3 amide bonds. The maximum atomic E-state index is 14.4. The van der Waals surface area contributed by atoms with E-state index in [9.17, 15) is 22.8 Å². The van der Waals surface area contributed by atoms with E-state index >= 15 is 0 Å². The van der Waals surface area contributed by atoms with Crippen molar-refractivity contribution in [3.8, 4) is 5.19 Å². The van der Waals surface area contributed by atoms with Crippen molar-refractivity contribution < 1.29 is 27.5 Å². The second-order valence-electron chi connectivity index (χ2n) is 13.1. The van der Waals surface area contributed by atoms with E-state index in [1.165, 1.54) is 11.3 Å². The van der Waals surface area contributed by atoms with Crippen LogP contribution >= 0.6 is 27.3 Å². The van der Waals surface area contributed by atoms with E-state index in [4.69, 9.17) is 4.74 Å². The Hall–Kier alpha value is -3.49. The summed E-state index contributed by atoms with van der Waals surface area (Å²) in [6, 6.07) is 13.8. The first-order chi connectivity index (χ1) is 23.1. The van der Waals surface area contributed by atoms with Crippen molar-refractivity contribution in [2.75, 3.05) is 11.9 Å². The highest BCUT2D eigenvalue weighted by Gasteiger charge is 2.62. The highest BCUT2D eigenvalue weighted by atomic mass is 79.9. The highest BCUT2D eigenvalue weighted by Crippen LogP contribution is 2.46. The topological polar surface area (TPSA) is 147 Å². The van der Waals surface area contributed by atoms with Gasteiger partial charge < -0.3 is 20.3 Å². The van der Waals surface area contributed by atoms with Gasteiger partial charge in [0, 0.05) is 22.5 Å². The smallest absolute Gasteiger partial charge is 0.274 e. The van der Waals surface area contributed by atoms with E-state index < -0.39 is 50.8 Å². The lowest BCUT2D eigenvalue weighted by molar-refractivity contribution is -0.140. The van der Waals surface area contributed by atoms with Crippen LogP contribution in [0.5, 0.6) is 5.19 Å². The van der Waals surface area contributed by atoms with Gasteiger partial charge in [-0.1, -0.05) is 70.5 Å². The monoisotopic (exact) mass is 755 g/mol. The maximum Gasteiger partial charge on any atom is 0.274 e. The zero-order valence-corrected chi connectivity index (χ0v) is 29.5. The van der Waals surface area contributed by atoms with Gasteiger partial charge in [0.25, 0.3) is 11.1 Å². The number of thiazole rings is 1. The molecule has 0 unspecified atom stereocenters. The third kappa shape index (κ3) is 7.11. The van der Waals surface area contributed by atoms with Crippen LogP contribution in [0.4, 0.5) is 5.69 Å². The van der Waals surface area contributed by atoms with Crippen LogP contribution in [0.1, 0.15) is 57.8 Å². The number of nitrogens with one attached hydrogen (secondary N) is 3. The molecule has 2 saturated carbocycles. The van der Waals surface area contributed by atoms with Gasteiger partial charge in [-0.05, 0) is 68.9 Å². The van der Waals surface area contributed by atoms with Crippen molar-refractivity contribution in [1.82, 2.24) is 19.9 Å². The number of hydrogen-bond donors (Lipinski definition) is 3. The molecule has 3 fully saturated rings. The number of hydrogen-bond acceptors (Lipinski definition) is 9. The number of carbonyl (C=O) groups excluding carboxylic acids is 3. The zero-order valence-electron chi connectivity index (χ0n) is 26.3. The highest BCUT2D eigenvalue weighted by molar-refractivity contribution is 9.10. The van der Waals surface area contributed by atoms with Gasteiger partial charge in [-0.2, -0.15) is 0 Å². The Kier molecular flexibility index (Phi) is 9.24. The molecule has 254 valence electrons. The number of anilines is 1. The molecule has 2 aliphatic heterocycles. The number of benzene rings is 2. The SMILES string of the molecule is O=C1N[C@]2(C(=O)NS(=O)(=O)C3CC3)C[C@H]2C=CCCCCC[C@H](Nc2ccccc2)C(=O)N2C[C@H](Oc3nc4ccc(Br)cc4s3)C[C@@H]12. The van der Waals surface area contributed by atoms with Crippen LogP contribution in [0.3, 0.4) is 0 Å². The fourth-order valence-electron chi connectivity index (χ4n) is 6.65. The van der Waals surface area contributed by atoms with Crippen molar-refractivity contribution in [3.05, 3.63) is 65.2 Å². The summed E-state index contributed by atoms with van der Waals surface area (Å²) in [6.45, 7) is 0.155. The summed E-state index contributed by atoms with van der Waals surface area (Å²) < 4.78 is 36.0. The molecule has 7 rings (SSSR count). The second-order valence-corrected chi connectivity index (χ2v) is 17.0. The van der Waals surface area contributed by atoms with E-state index in [1.54, 1.807) is 4.90 Å². The Bertz CT molecular complexity index is 1850.